The summed E-state index contributed by atoms with van der Waals surface area (Å²) < 4.78 is 5.02. The van der Waals surface area contributed by atoms with Crippen molar-refractivity contribution in [3.63, 3.8) is 0 Å². The van der Waals surface area contributed by atoms with Gasteiger partial charge in [0, 0.05) is 0 Å². The standard InChI is InChI=1S/C22H24N4O6S/c1-4-22(13-9-7-6-8-10-13)20(30)26(21(31)25-22)11-14(27)24-18-15(19(29)32-5-2)12(3)16(33-18)17(23)28/h6-10H,4-5,11H2,1-3H3,(H2,23,28)(H,24,27)(H,25,31). The summed E-state index contributed by atoms with van der Waals surface area (Å²) in [6.45, 7) is 4.42. The van der Waals surface area contributed by atoms with Crippen LogP contribution in [0.15, 0.2) is 30.3 Å². The van der Waals surface area contributed by atoms with Gasteiger partial charge in [0.15, 0.2) is 0 Å². The van der Waals surface area contributed by atoms with Gasteiger partial charge in [-0.05, 0) is 31.4 Å². The molecule has 10 nitrogen and oxygen atoms in total. The molecule has 0 radical (unpaired) electrons. The Labute approximate surface area is 194 Å². The first-order chi connectivity index (χ1) is 15.7. The Bertz CT molecular complexity index is 1130. The zero-order valence-corrected chi connectivity index (χ0v) is 19.2. The molecule has 1 aromatic carbocycles. The second-order valence-electron chi connectivity index (χ2n) is 7.34. The maximum atomic E-state index is 13.2. The van der Waals surface area contributed by atoms with Gasteiger partial charge in [0.1, 0.15) is 17.1 Å². The fourth-order valence-corrected chi connectivity index (χ4v) is 4.79. The van der Waals surface area contributed by atoms with E-state index in [4.69, 9.17) is 10.5 Å². The van der Waals surface area contributed by atoms with Gasteiger partial charge in [-0.2, -0.15) is 0 Å². The number of hydrogen-bond acceptors (Lipinski definition) is 7. The average molecular weight is 473 g/mol. The molecule has 0 aliphatic carbocycles. The van der Waals surface area contributed by atoms with Crippen LogP contribution >= 0.6 is 11.3 Å². The number of nitrogens with zero attached hydrogens (tertiary/aromatic N) is 1. The van der Waals surface area contributed by atoms with Crippen molar-refractivity contribution in [2.24, 2.45) is 5.73 Å². The number of esters is 1. The van der Waals surface area contributed by atoms with Crippen molar-refractivity contribution >= 4 is 46.1 Å². The molecule has 0 bridgehead atoms. The van der Waals surface area contributed by atoms with Crippen molar-refractivity contribution in [3.8, 4) is 0 Å². The van der Waals surface area contributed by atoms with Crippen LogP contribution in [-0.4, -0.2) is 47.8 Å². The molecule has 33 heavy (non-hydrogen) atoms. The molecule has 2 aromatic rings. The third kappa shape index (κ3) is 4.31. The predicted octanol–water partition coefficient (Wildman–Crippen LogP) is 2.13. The van der Waals surface area contributed by atoms with E-state index in [1.54, 1.807) is 44.2 Å². The lowest BCUT2D eigenvalue weighted by atomic mass is 9.87. The molecule has 1 fully saturated rings. The van der Waals surface area contributed by atoms with Crippen LogP contribution < -0.4 is 16.4 Å². The zero-order chi connectivity index (χ0) is 24.3. The van der Waals surface area contributed by atoms with E-state index >= 15 is 0 Å². The number of rotatable bonds is 8. The molecule has 1 unspecified atom stereocenters. The van der Waals surface area contributed by atoms with Crippen molar-refractivity contribution in [3.05, 3.63) is 51.9 Å². The summed E-state index contributed by atoms with van der Waals surface area (Å²) in [6.07, 6.45) is 0.290. The fourth-order valence-electron chi connectivity index (χ4n) is 3.73. The first-order valence-corrected chi connectivity index (χ1v) is 11.1. The second-order valence-corrected chi connectivity index (χ2v) is 8.36. The Morgan fingerprint density at radius 3 is 2.42 bits per heavy atom. The van der Waals surface area contributed by atoms with Gasteiger partial charge in [-0.25, -0.2) is 9.59 Å². The summed E-state index contributed by atoms with van der Waals surface area (Å²) in [5.74, 6) is -2.75. The minimum Gasteiger partial charge on any atom is -0.462 e. The number of primary amides is 1. The third-order valence-electron chi connectivity index (χ3n) is 5.38. The first kappa shape index (κ1) is 23.9. The smallest absolute Gasteiger partial charge is 0.341 e. The van der Waals surface area contributed by atoms with Crippen LogP contribution in [0.1, 0.15) is 51.4 Å². The maximum absolute atomic E-state index is 13.2. The second kappa shape index (κ2) is 9.41. The highest BCUT2D eigenvalue weighted by Crippen LogP contribution is 2.34. The van der Waals surface area contributed by atoms with Gasteiger partial charge in [0.2, 0.25) is 5.91 Å². The number of urea groups is 1. The summed E-state index contributed by atoms with van der Waals surface area (Å²) in [7, 11) is 0. The zero-order valence-electron chi connectivity index (χ0n) is 18.4. The van der Waals surface area contributed by atoms with Crippen LogP contribution in [0.4, 0.5) is 9.80 Å². The van der Waals surface area contributed by atoms with Crippen molar-refractivity contribution in [2.75, 3.05) is 18.5 Å². The molecule has 2 heterocycles. The number of anilines is 1. The van der Waals surface area contributed by atoms with Crippen LogP contribution in [0.5, 0.6) is 0 Å². The van der Waals surface area contributed by atoms with Gasteiger partial charge >= 0.3 is 12.0 Å². The molecule has 1 aliphatic rings. The van der Waals surface area contributed by atoms with E-state index in [0.29, 0.717) is 12.0 Å². The maximum Gasteiger partial charge on any atom is 0.341 e. The Kier molecular flexibility index (Phi) is 6.82. The van der Waals surface area contributed by atoms with Gasteiger partial charge in [0.25, 0.3) is 11.8 Å². The number of nitrogens with two attached hydrogens (primary N) is 1. The summed E-state index contributed by atoms with van der Waals surface area (Å²) in [5.41, 5.74) is 5.00. The molecule has 0 spiro atoms. The van der Waals surface area contributed by atoms with Crippen LogP contribution in [-0.2, 0) is 19.9 Å². The fraction of sp³-hybridized carbons (Fsp3) is 0.318. The van der Waals surface area contributed by atoms with Gasteiger partial charge in [-0.3, -0.25) is 19.3 Å². The third-order valence-corrected chi connectivity index (χ3v) is 6.60. The number of thiophene rings is 1. The first-order valence-electron chi connectivity index (χ1n) is 10.3. The van der Waals surface area contributed by atoms with Crippen molar-refractivity contribution in [1.29, 1.82) is 0 Å². The van der Waals surface area contributed by atoms with E-state index in [1.807, 2.05) is 0 Å². The minimum atomic E-state index is -1.27. The molecular formula is C22H24N4O6S. The summed E-state index contributed by atoms with van der Waals surface area (Å²) in [4.78, 5) is 63.6. The normalized spacial score (nSPS) is 17.6. The van der Waals surface area contributed by atoms with E-state index in [9.17, 15) is 24.0 Å². The molecule has 4 N–H and O–H groups in total. The molecule has 174 valence electrons. The van der Waals surface area contributed by atoms with Crippen LogP contribution in [0.3, 0.4) is 0 Å². The van der Waals surface area contributed by atoms with Crippen LogP contribution in [0, 0.1) is 6.92 Å². The number of hydrogen-bond donors (Lipinski definition) is 3. The summed E-state index contributed by atoms with van der Waals surface area (Å²) in [5, 5.41) is 5.27. The molecule has 11 heteroatoms. The highest BCUT2D eigenvalue weighted by molar-refractivity contribution is 7.18. The molecule has 3 rings (SSSR count). The van der Waals surface area contributed by atoms with Crippen molar-refractivity contribution in [2.45, 2.75) is 32.7 Å². The van der Waals surface area contributed by atoms with E-state index in [0.717, 1.165) is 16.2 Å². The molecule has 1 aliphatic heterocycles. The number of ether oxygens (including phenoxy) is 1. The topological polar surface area (TPSA) is 148 Å². The lowest BCUT2D eigenvalue weighted by Gasteiger charge is -2.25. The van der Waals surface area contributed by atoms with Crippen molar-refractivity contribution in [1.82, 2.24) is 10.2 Å². The highest BCUT2D eigenvalue weighted by atomic mass is 32.1. The highest BCUT2D eigenvalue weighted by Gasteiger charge is 2.51. The SMILES string of the molecule is CCOC(=O)c1c(NC(=O)CN2C(=O)NC(CC)(c3ccccc3)C2=O)sc(C(N)=O)c1C. The molecule has 5 amide bonds. The largest absolute Gasteiger partial charge is 0.462 e. The lowest BCUT2D eigenvalue weighted by Crippen LogP contribution is -2.44. The lowest BCUT2D eigenvalue weighted by molar-refractivity contribution is -0.134. The van der Waals surface area contributed by atoms with Crippen LogP contribution in [0.25, 0.3) is 0 Å². The predicted molar refractivity (Wildman–Crippen MR) is 121 cm³/mol. The quantitative estimate of drug-likeness (QED) is 0.396. The number of carbonyl (C=O) groups is 5. The average Bonchev–Trinajstić information content (AvgIpc) is 3.23. The van der Waals surface area contributed by atoms with E-state index in [1.165, 1.54) is 6.92 Å². The summed E-state index contributed by atoms with van der Waals surface area (Å²) >= 11 is 0.826. The molecule has 1 atom stereocenters. The van der Waals surface area contributed by atoms with Gasteiger partial charge < -0.3 is 21.1 Å². The van der Waals surface area contributed by atoms with Gasteiger partial charge in [0.05, 0.1) is 17.0 Å². The van der Waals surface area contributed by atoms with E-state index in [-0.39, 0.29) is 27.6 Å². The molecule has 0 saturated carbocycles. The molecule has 1 saturated heterocycles. The van der Waals surface area contributed by atoms with Crippen molar-refractivity contribution < 1.29 is 28.7 Å². The van der Waals surface area contributed by atoms with Gasteiger partial charge in [-0.15, -0.1) is 11.3 Å². The Morgan fingerprint density at radius 2 is 1.85 bits per heavy atom. The number of imide groups is 1. The van der Waals surface area contributed by atoms with E-state index in [2.05, 4.69) is 10.6 Å². The Morgan fingerprint density at radius 1 is 1.18 bits per heavy atom. The number of benzene rings is 1. The minimum absolute atomic E-state index is 0.00777. The van der Waals surface area contributed by atoms with Gasteiger partial charge in [-0.1, -0.05) is 37.3 Å². The monoisotopic (exact) mass is 472 g/mol. The number of carbonyl (C=O) groups excluding carboxylic acids is 5. The molecular weight excluding hydrogens is 448 g/mol. The van der Waals surface area contributed by atoms with E-state index < -0.39 is 41.8 Å². The van der Waals surface area contributed by atoms with Crippen LogP contribution in [0.2, 0.25) is 0 Å². The summed E-state index contributed by atoms with van der Waals surface area (Å²) in [6, 6.07) is 8.07. The molecule has 1 aromatic heterocycles. The Balaban J connectivity index is 1.85. The number of amides is 5. The Hall–Kier alpha value is -3.73. The number of nitrogens with one attached hydrogen (secondary N) is 2.